The van der Waals surface area contributed by atoms with E-state index in [1.807, 2.05) is 0 Å². The van der Waals surface area contributed by atoms with Crippen molar-refractivity contribution in [1.29, 1.82) is 0 Å². The Morgan fingerprint density at radius 2 is 2.06 bits per heavy atom. The summed E-state index contributed by atoms with van der Waals surface area (Å²) in [6.07, 6.45) is 4.38. The fourth-order valence-corrected chi connectivity index (χ4v) is 3.31. The molecule has 104 valence electrons. The number of hydrogen-bond donors (Lipinski definition) is 1. The maximum Gasteiger partial charge on any atom is 0.222 e. The molecule has 2 fully saturated rings. The molecular weight excluding hydrogens is 224 g/mol. The molecule has 2 aliphatic heterocycles. The summed E-state index contributed by atoms with van der Waals surface area (Å²) < 4.78 is 0. The van der Waals surface area contributed by atoms with Gasteiger partial charge in [0.1, 0.15) is 0 Å². The molecule has 18 heavy (non-hydrogen) atoms. The highest BCUT2D eigenvalue weighted by atomic mass is 16.2. The van der Waals surface area contributed by atoms with Gasteiger partial charge in [0.25, 0.3) is 0 Å². The van der Waals surface area contributed by atoms with Gasteiger partial charge in [-0.05, 0) is 49.6 Å². The Morgan fingerprint density at radius 1 is 1.39 bits per heavy atom. The average molecular weight is 252 g/mol. The van der Waals surface area contributed by atoms with Crippen LogP contribution in [0, 0.1) is 17.3 Å². The number of likely N-dealkylation sites (tertiary alicyclic amines) is 1. The van der Waals surface area contributed by atoms with E-state index >= 15 is 0 Å². The number of amides is 1. The second-order valence-electron chi connectivity index (χ2n) is 7.00. The Bertz CT molecular complexity index is 295. The molecule has 1 unspecified atom stereocenters. The van der Waals surface area contributed by atoms with E-state index in [-0.39, 0.29) is 0 Å². The van der Waals surface area contributed by atoms with Gasteiger partial charge in [0.05, 0.1) is 0 Å². The van der Waals surface area contributed by atoms with Crippen LogP contribution in [-0.4, -0.2) is 37.0 Å². The smallest absolute Gasteiger partial charge is 0.222 e. The van der Waals surface area contributed by atoms with Gasteiger partial charge in [-0.25, -0.2) is 0 Å². The summed E-state index contributed by atoms with van der Waals surface area (Å²) in [5.74, 6) is 1.67. The lowest BCUT2D eigenvalue weighted by Crippen LogP contribution is -2.35. The van der Waals surface area contributed by atoms with Gasteiger partial charge in [0.15, 0.2) is 0 Å². The number of piperidine rings is 1. The zero-order valence-electron chi connectivity index (χ0n) is 12.2. The number of rotatable bonds is 3. The molecule has 2 rings (SSSR count). The third kappa shape index (κ3) is 3.47. The molecule has 0 aromatic carbocycles. The first kappa shape index (κ1) is 13.9. The summed E-state index contributed by atoms with van der Waals surface area (Å²) in [5.41, 5.74) is 0.327. The Morgan fingerprint density at radius 3 is 2.61 bits per heavy atom. The molecule has 1 amide bonds. The summed E-state index contributed by atoms with van der Waals surface area (Å²) >= 11 is 0. The summed E-state index contributed by atoms with van der Waals surface area (Å²) in [6, 6.07) is 0. The van der Waals surface area contributed by atoms with Crippen molar-refractivity contribution in [3.63, 3.8) is 0 Å². The zero-order valence-corrected chi connectivity index (χ0v) is 12.2. The topological polar surface area (TPSA) is 32.3 Å². The minimum absolute atomic E-state index is 0.327. The molecule has 0 saturated carbocycles. The lowest BCUT2D eigenvalue weighted by Gasteiger charge is -2.29. The van der Waals surface area contributed by atoms with E-state index in [2.05, 4.69) is 31.0 Å². The highest BCUT2D eigenvalue weighted by Gasteiger charge is 2.33. The van der Waals surface area contributed by atoms with Crippen LogP contribution in [0.4, 0.5) is 0 Å². The lowest BCUT2D eigenvalue weighted by atomic mass is 9.84. The van der Waals surface area contributed by atoms with Gasteiger partial charge < -0.3 is 10.2 Å². The fourth-order valence-electron chi connectivity index (χ4n) is 3.31. The van der Waals surface area contributed by atoms with Gasteiger partial charge in [-0.3, -0.25) is 4.79 Å². The van der Waals surface area contributed by atoms with Crippen molar-refractivity contribution < 1.29 is 4.79 Å². The monoisotopic (exact) mass is 252 g/mol. The van der Waals surface area contributed by atoms with E-state index in [1.54, 1.807) is 0 Å². The van der Waals surface area contributed by atoms with E-state index in [1.165, 1.54) is 12.8 Å². The number of hydrogen-bond acceptors (Lipinski definition) is 2. The number of carbonyl (C=O) groups is 1. The first-order valence-corrected chi connectivity index (χ1v) is 7.46. The molecule has 0 radical (unpaired) electrons. The summed E-state index contributed by atoms with van der Waals surface area (Å²) in [7, 11) is 0. The van der Waals surface area contributed by atoms with Gasteiger partial charge in [-0.1, -0.05) is 20.8 Å². The van der Waals surface area contributed by atoms with Crippen LogP contribution < -0.4 is 5.32 Å². The maximum atomic E-state index is 12.3. The highest BCUT2D eigenvalue weighted by Crippen LogP contribution is 2.31. The second-order valence-corrected chi connectivity index (χ2v) is 7.00. The zero-order chi connectivity index (χ0) is 13.2. The summed E-state index contributed by atoms with van der Waals surface area (Å²) in [6.45, 7) is 10.9. The molecule has 1 N–H and O–H groups in total. The van der Waals surface area contributed by atoms with E-state index in [9.17, 15) is 4.79 Å². The van der Waals surface area contributed by atoms with Crippen LogP contribution in [0.5, 0.6) is 0 Å². The Balaban J connectivity index is 1.80. The van der Waals surface area contributed by atoms with Gasteiger partial charge in [-0.15, -0.1) is 0 Å². The first-order valence-electron chi connectivity index (χ1n) is 7.46. The molecule has 3 heteroatoms. The van der Waals surface area contributed by atoms with Crippen molar-refractivity contribution in [3.05, 3.63) is 0 Å². The van der Waals surface area contributed by atoms with Crippen molar-refractivity contribution in [3.8, 4) is 0 Å². The van der Waals surface area contributed by atoms with Crippen LogP contribution in [0.3, 0.4) is 0 Å². The van der Waals surface area contributed by atoms with Crippen molar-refractivity contribution in [2.75, 3.05) is 26.2 Å². The van der Waals surface area contributed by atoms with Gasteiger partial charge in [0.2, 0.25) is 5.91 Å². The van der Waals surface area contributed by atoms with Gasteiger partial charge in [0, 0.05) is 19.5 Å². The standard InChI is InChI=1S/C15H28N2O/c1-12(13-4-7-16-8-5-13)10-14(18)17-9-6-15(2,3)11-17/h12-13,16H,4-11H2,1-3H3. The largest absolute Gasteiger partial charge is 0.342 e. The Kier molecular flexibility index (Phi) is 4.31. The van der Waals surface area contributed by atoms with E-state index in [0.29, 0.717) is 17.2 Å². The first-order chi connectivity index (χ1) is 8.48. The minimum atomic E-state index is 0.327. The van der Waals surface area contributed by atoms with Crippen molar-refractivity contribution in [2.24, 2.45) is 17.3 Å². The molecule has 0 spiro atoms. The SMILES string of the molecule is CC(CC(=O)N1CCC(C)(C)C1)C1CCNCC1. The Labute approximate surface area is 111 Å². The molecule has 2 saturated heterocycles. The predicted molar refractivity (Wildman–Crippen MR) is 74.4 cm³/mol. The molecule has 0 aromatic rings. The van der Waals surface area contributed by atoms with Crippen LogP contribution in [0.2, 0.25) is 0 Å². The highest BCUT2D eigenvalue weighted by molar-refractivity contribution is 5.76. The molecule has 0 bridgehead atoms. The molecule has 2 aliphatic rings. The van der Waals surface area contributed by atoms with Crippen LogP contribution in [0.15, 0.2) is 0 Å². The molecule has 0 aromatic heterocycles. The normalized spacial score (nSPS) is 26.3. The van der Waals surface area contributed by atoms with Crippen molar-refractivity contribution >= 4 is 5.91 Å². The van der Waals surface area contributed by atoms with Crippen LogP contribution in [0.25, 0.3) is 0 Å². The van der Waals surface area contributed by atoms with Gasteiger partial charge in [-0.2, -0.15) is 0 Å². The van der Waals surface area contributed by atoms with Crippen molar-refractivity contribution in [2.45, 2.75) is 46.5 Å². The minimum Gasteiger partial charge on any atom is -0.342 e. The van der Waals surface area contributed by atoms with Crippen LogP contribution in [-0.2, 0) is 4.79 Å². The third-order valence-electron chi connectivity index (χ3n) is 4.72. The second kappa shape index (κ2) is 5.60. The van der Waals surface area contributed by atoms with Gasteiger partial charge >= 0.3 is 0 Å². The fraction of sp³-hybridized carbons (Fsp3) is 0.933. The number of carbonyl (C=O) groups excluding carboxylic acids is 1. The van der Waals surface area contributed by atoms with E-state index < -0.39 is 0 Å². The van der Waals surface area contributed by atoms with Crippen LogP contribution in [0.1, 0.15) is 46.5 Å². The molecule has 3 nitrogen and oxygen atoms in total. The maximum absolute atomic E-state index is 12.3. The van der Waals surface area contributed by atoms with Crippen molar-refractivity contribution in [1.82, 2.24) is 10.2 Å². The molecular formula is C15H28N2O. The summed E-state index contributed by atoms with van der Waals surface area (Å²) in [4.78, 5) is 14.4. The van der Waals surface area contributed by atoms with Crippen LogP contribution >= 0.6 is 0 Å². The molecule has 0 aliphatic carbocycles. The number of nitrogens with one attached hydrogen (secondary N) is 1. The quantitative estimate of drug-likeness (QED) is 0.835. The van der Waals surface area contributed by atoms with E-state index in [4.69, 9.17) is 0 Å². The molecule has 1 atom stereocenters. The van der Waals surface area contributed by atoms with E-state index in [0.717, 1.165) is 44.9 Å². The Hall–Kier alpha value is -0.570. The predicted octanol–water partition coefficient (Wildman–Crippen LogP) is 2.27. The average Bonchev–Trinajstić information content (AvgIpc) is 2.71. The molecule has 2 heterocycles. The third-order valence-corrected chi connectivity index (χ3v) is 4.72. The number of nitrogens with zero attached hydrogens (tertiary/aromatic N) is 1. The summed E-state index contributed by atoms with van der Waals surface area (Å²) in [5, 5.41) is 3.39. The lowest BCUT2D eigenvalue weighted by molar-refractivity contribution is -0.131.